The van der Waals surface area contributed by atoms with Gasteiger partial charge in [0.2, 0.25) is 5.91 Å². The fourth-order valence-electron chi connectivity index (χ4n) is 3.55. The molecule has 1 unspecified atom stereocenters. The number of amides is 3. The molecule has 3 amide bonds. The van der Waals surface area contributed by atoms with Crippen LogP contribution in [-0.2, 0) is 17.6 Å². The molecule has 3 aliphatic rings. The first-order valence-corrected chi connectivity index (χ1v) is 8.69. The Hall–Kier alpha value is -2.15. The molecule has 3 N–H and O–H groups in total. The summed E-state index contributed by atoms with van der Waals surface area (Å²) in [4.78, 5) is 32.5. The molecule has 0 spiro atoms. The molecule has 2 aliphatic carbocycles. The third kappa shape index (κ3) is 3.08. The Labute approximate surface area is 141 Å². The average Bonchev–Trinajstić information content (AvgIpc) is 3.39. The number of fused-ring (bicyclic) bond motifs is 1. The Balaban J connectivity index is 1.39. The molecule has 0 aromatic carbocycles. The van der Waals surface area contributed by atoms with Crippen LogP contribution in [0.25, 0.3) is 0 Å². The largest absolute Gasteiger partial charge is 0.336 e. The normalized spacial score (nSPS) is 23.9. The second-order valence-corrected chi connectivity index (χ2v) is 7.00. The molecule has 2 fully saturated rings. The van der Waals surface area contributed by atoms with Gasteiger partial charge in [0.05, 0.1) is 11.9 Å². The van der Waals surface area contributed by atoms with Gasteiger partial charge in [-0.2, -0.15) is 0 Å². The van der Waals surface area contributed by atoms with Gasteiger partial charge in [-0.3, -0.25) is 9.78 Å². The molecule has 1 aromatic rings. The number of nitrogens with one attached hydrogen (secondary N) is 1. The number of carbonyl (C=O) groups excluding carboxylic acids is 2. The van der Waals surface area contributed by atoms with Crippen LogP contribution in [0.4, 0.5) is 10.5 Å². The maximum absolute atomic E-state index is 12.4. The van der Waals surface area contributed by atoms with Gasteiger partial charge in [0.15, 0.2) is 0 Å². The highest BCUT2D eigenvalue weighted by molar-refractivity contribution is 5.93. The number of urea groups is 1. The van der Waals surface area contributed by atoms with Crippen molar-refractivity contribution in [2.24, 2.45) is 5.73 Å². The molecule has 0 radical (unpaired) electrons. The van der Waals surface area contributed by atoms with E-state index in [0.717, 1.165) is 43.4 Å². The molecule has 1 saturated carbocycles. The van der Waals surface area contributed by atoms with Gasteiger partial charge in [0.25, 0.3) is 0 Å². The minimum absolute atomic E-state index is 0.0495. The maximum atomic E-state index is 12.4. The number of nitrogens with zero attached hydrogens (tertiary/aromatic N) is 3. The van der Waals surface area contributed by atoms with Crippen molar-refractivity contribution < 1.29 is 9.59 Å². The highest BCUT2D eigenvalue weighted by Gasteiger charge is 2.36. The zero-order valence-electron chi connectivity index (χ0n) is 13.7. The van der Waals surface area contributed by atoms with E-state index in [0.29, 0.717) is 24.8 Å². The standard InChI is InChI=1S/C17H23N5O2/c18-12-1-4-15-11(7-12)8-13(9-19-15)20-17(24)21-5-6-22(14-2-3-14)16(23)10-21/h8-9,12,14H,1-7,10,18H2,(H,20,24). The Morgan fingerprint density at radius 1 is 1.29 bits per heavy atom. The molecule has 1 aliphatic heterocycles. The van der Waals surface area contributed by atoms with Crippen molar-refractivity contribution in [3.63, 3.8) is 0 Å². The van der Waals surface area contributed by atoms with E-state index in [1.54, 1.807) is 11.1 Å². The molecular weight excluding hydrogens is 306 g/mol. The van der Waals surface area contributed by atoms with Gasteiger partial charge in [-0.25, -0.2) is 4.79 Å². The van der Waals surface area contributed by atoms with Crippen molar-refractivity contribution in [1.29, 1.82) is 0 Å². The van der Waals surface area contributed by atoms with Gasteiger partial charge < -0.3 is 20.9 Å². The van der Waals surface area contributed by atoms with E-state index in [2.05, 4.69) is 10.3 Å². The summed E-state index contributed by atoms with van der Waals surface area (Å²) in [7, 11) is 0. The summed E-state index contributed by atoms with van der Waals surface area (Å²) in [5, 5.41) is 2.87. The van der Waals surface area contributed by atoms with Crippen molar-refractivity contribution in [3.8, 4) is 0 Å². The first kappa shape index (κ1) is 15.4. The van der Waals surface area contributed by atoms with E-state index in [4.69, 9.17) is 5.73 Å². The second kappa shape index (κ2) is 6.05. The Bertz CT molecular complexity index is 673. The molecule has 1 atom stereocenters. The maximum Gasteiger partial charge on any atom is 0.322 e. The summed E-state index contributed by atoms with van der Waals surface area (Å²) in [5.74, 6) is 0.0495. The van der Waals surface area contributed by atoms with Gasteiger partial charge >= 0.3 is 6.03 Å². The minimum Gasteiger partial charge on any atom is -0.336 e. The average molecular weight is 329 g/mol. The topological polar surface area (TPSA) is 91.6 Å². The lowest BCUT2D eigenvalue weighted by Gasteiger charge is -2.34. The highest BCUT2D eigenvalue weighted by atomic mass is 16.2. The molecule has 7 heteroatoms. The van der Waals surface area contributed by atoms with Crippen LogP contribution in [0.5, 0.6) is 0 Å². The summed E-state index contributed by atoms with van der Waals surface area (Å²) < 4.78 is 0. The second-order valence-electron chi connectivity index (χ2n) is 7.00. The van der Waals surface area contributed by atoms with Crippen molar-refractivity contribution in [3.05, 3.63) is 23.5 Å². The Morgan fingerprint density at radius 2 is 2.12 bits per heavy atom. The summed E-state index contributed by atoms with van der Waals surface area (Å²) in [6.45, 7) is 1.37. The summed E-state index contributed by atoms with van der Waals surface area (Å²) in [6.07, 6.45) is 6.53. The predicted octanol–water partition coefficient (Wildman–Crippen LogP) is 0.736. The van der Waals surface area contributed by atoms with Gasteiger partial charge in [0, 0.05) is 30.9 Å². The Kier molecular flexibility index (Phi) is 3.88. The molecule has 0 bridgehead atoms. The first-order chi connectivity index (χ1) is 11.6. The number of carbonyl (C=O) groups is 2. The van der Waals surface area contributed by atoms with Gasteiger partial charge in [-0.15, -0.1) is 0 Å². The van der Waals surface area contributed by atoms with Crippen molar-refractivity contribution in [2.45, 2.75) is 44.2 Å². The van der Waals surface area contributed by atoms with Crippen LogP contribution in [-0.4, -0.2) is 58.4 Å². The smallest absolute Gasteiger partial charge is 0.322 e. The Morgan fingerprint density at radius 3 is 2.88 bits per heavy atom. The highest BCUT2D eigenvalue weighted by Crippen LogP contribution is 2.28. The number of aryl methyl sites for hydroxylation is 1. The number of pyridine rings is 1. The van der Waals surface area contributed by atoms with Crippen LogP contribution in [0.15, 0.2) is 12.3 Å². The quantitative estimate of drug-likeness (QED) is 0.837. The van der Waals surface area contributed by atoms with E-state index in [9.17, 15) is 9.59 Å². The summed E-state index contributed by atoms with van der Waals surface area (Å²) in [6, 6.07) is 2.30. The van der Waals surface area contributed by atoms with E-state index >= 15 is 0 Å². The molecule has 1 aromatic heterocycles. The van der Waals surface area contributed by atoms with Gasteiger partial charge in [0.1, 0.15) is 6.54 Å². The number of aromatic nitrogens is 1. The summed E-state index contributed by atoms with van der Waals surface area (Å²) in [5.41, 5.74) is 8.87. The SMILES string of the molecule is NC1CCc2ncc(NC(=O)N3CCN(C4CC4)C(=O)C3)cc2C1. The van der Waals surface area contributed by atoms with Crippen molar-refractivity contribution in [1.82, 2.24) is 14.8 Å². The molecule has 24 heavy (non-hydrogen) atoms. The van der Waals surface area contributed by atoms with E-state index < -0.39 is 0 Å². The number of rotatable bonds is 2. The molecular formula is C17H23N5O2. The fourth-order valence-corrected chi connectivity index (χ4v) is 3.55. The van der Waals surface area contributed by atoms with Crippen LogP contribution in [0.1, 0.15) is 30.5 Å². The van der Waals surface area contributed by atoms with Crippen molar-refractivity contribution in [2.75, 3.05) is 25.0 Å². The van der Waals surface area contributed by atoms with Crippen LogP contribution in [0.2, 0.25) is 0 Å². The minimum atomic E-state index is -0.236. The molecule has 2 heterocycles. The number of hydrogen-bond donors (Lipinski definition) is 2. The number of nitrogens with two attached hydrogens (primary N) is 1. The number of anilines is 1. The third-order valence-electron chi connectivity index (χ3n) is 5.08. The van der Waals surface area contributed by atoms with Crippen LogP contribution < -0.4 is 11.1 Å². The zero-order valence-corrected chi connectivity index (χ0v) is 13.7. The van der Waals surface area contributed by atoms with E-state index in [-0.39, 0.29) is 24.5 Å². The molecule has 1 saturated heterocycles. The number of piperazine rings is 1. The van der Waals surface area contributed by atoms with Gasteiger partial charge in [-0.05, 0) is 43.7 Å². The molecule has 128 valence electrons. The van der Waals surface area contributed by atoms with Crippen LogP contribution in [0.3, 0.4) is 0 Å². The van der Waals surface area contributed by atoms with Crippen LogP contribution in [0, 0.1) is 0 Å². The molecule has 4 rings (SSSR count). The third-order valence-corrected chi connectivity index (χ3v) is 5.08. The summed E-state index contributed by atoms with van der Waals surface area (Å²) >= 11 is 0. The molecule has 7 nitrogen and oxygen atoms in total. The van der Waals surface area contributed by atoms with E-state index in [1.807, 2.05) is 11.0 Å². The first-order valence-electron chi connectivity index (χ1n) is 8.69. The number of hydrogen-bond acceptors (Lipinski definition) is 4. The van der Waals surface area contributed by atoms with Crippen molar-refractivity contribution >= 4 is 17.6 Å². The van der Waals surface area contributed by atoms with Crippen LogP contribution >= 0.6 is 0 Å². The fraction of sp³-hybridized carbons (Fsp3) is 0.588. The monoisotopic (exact) mass is 329 g/mol. The lowest BCUT2D eigenvalue weighted by Crippen LogP contribution is -2.53. The lowest BCUT2D eigenvalue weighted by atomic mass is 9.92. The van der Waals surface area contributed by atoms with E-state index in [1.165, 1.54) is 0 Å². The zero-order chi connectivity index (χ0) is 16.7. The van der Waals surface area contributed by atoms with Gasteiger partial charge in [-0.1, -0.05) is 0 Å². The lowest BCUT2D eigenvalue weighted by molar-refractivity contribution is -0.135. The predicted molar refractivity (Wildman–Crippen MR) is 89.6 cm³/mol.